The molecular formula is C17H17N3O2. The lowest BCUT2D eigenvalue weighted by Gasteiger charge is -2.07. The summed E-state index contributed by atoms with van der Waals surface area (Å²) in [7, 11) is 0. The molecule has 0 unspecified atom stereocenters. The molecule has 2 heterocycles. The molecule has 3 aromatic rings. The van der Waals surface area contributed by atoms with E-state index in [1.165, 1.54) is 5.56 Å². The van der Waals surface area contributed by atoms with E-state index < -0.39 is 5.97 Å². The Morgan fingerprint density at radius 2 is 1.86 bits per heavy atom. The van der Waals surface area contributed by atoms with Crippen molar-refractivity contribution in [3.8, 4) is 11.3 Å². The maximum absolute atomic E-state index is 11.5. The fourth-order valence-electron chi connectivity index (χ4n) is 2.46. The molecule has 0 saturated heterocycles. The Bertz CT molecular complexity index is 848. The lowest BCUT2D eigenvalue weighted by atomic mass is 10.00. The minimum absolute atomic E-state index is 0.188. The molecule has 5 nitrogen and oxygen atoms in total. The molecule has 0 amide bonds. The lowest BCUT2D eigenvalue weighted by molar-refractivity contribution is 0.0699. The zero-order valence-corrected chi connectivity index (χ0v) is 12.7. The number of hydrogen-bond donors (Lipinski definition) is 2. The number of aromatic carboxylic acids is 1. The summed E-state index contributed by atoms with van der Waals surface area (Å²) < 4.78 is 0. The summed E-state index contributed by atoms with van der Waals surface area (Å²) in [4.78, 5) is 23.2. The van der Waals surface area contributed by atoms with E-state index >= 15 is 0 Å². The zero-order valence-electron chi connectivity index (χ0n) is 12.7. The van der Waals surface area contributed by atoms with Crippen molar-refractivity contribution in [3.05, 3.63) is 47.3 Å². The van der Waals surface area contributed by atoms with Gasteiger partial charge in [-0.1, -0.05) is 38.1 Å². The molecule has 0 radical (unpaired) electrons. The van der Waals surface area contributed by atoms with Gasteiger partial charge in [-0.15, -0.1) is 0 Å². The van der Waals surface area contributed by atoms with Crippen LogP contribution in [0.15, 0.2) is 30.3 Å². The van der Waals surface area contributed by atoms with Crippen LogP contribution in [0.3, 0.4) is 0 Å². The van der Waals surface area contributed by atoms with Crippen LogP contribution in [0.5, 0.6) is 0 Å². The van der Waals surface area contributed by atoms with Gasteiger partial charge >= 0.3 is 5.97 Å². The predicted octanol–water partition coefficient (Wildman–Crippen LogP) is 3.75. The van der Waals surface area contributed by atoms with Gasteiger partial charge in [0.05, 0.1) is 16.8 Å². The van der Waals surface area contributed by atoms with E-state index in [-0.39, 0.29) is 5.56 Å². The van der Waals surface area contributed by atoms with Crippen LogP contribution in [-0.4, -0.2) is 26.0 Å². The van der Waals surface area contributed by atoms with Gasteiger partial charge < -0.3 is 10.1 Å². The van der Waals surface area contributed by atoms with Gasteiger partial charge in [0.2, 0.25) is 0 Å². The Balaban J connectivity index is 2.16. The van der Waals surface area contributed by atoms with Crippen molar-refractivity contribution in [1.29, 1.82) is 0 Å². The topological polar surface area (TPSA) is 78.9 Å². The zero-order chi connectivity index (χ0) is 15.9. The highest BCUT2D eigenvalue weighted by atomic mass is 16.4. The second kappa shape index (κ2) is 5.26. The quantitative estimate of drug-likeness (QED) is 0.771. The molecule has 0 spiro atoms. The third-order valence-electron chi connectivity index (χ3n) is 3.68. The second-order valence-electron chi connectivity index (χ2n) is 5.66. The fourth-order valence-corrected chi connectivity index (χ4v) is 2.46. The number of aromatic nitrogens is 3. The molecule has 0 saturated carbocycles. The van der Waals surface area contributed by atoms with E-state index in [4.69, 9.17) is 0 Å². The molecule has 0 aliphatic rings. The minimum Gasteiger partial charge on any atom is -0.478 e. The van der Waals surface area contributed by atoms with Crippen molar-refractivity contribution in [2.45, 2.75) is 26.7 Å². The van der Waals surface area contributed by atoms with Crippen molar-refractivity contribution in [2.24, 2.45) is 0 Å². The third-order valence-corrected chi connectivity index (χ3v) is 3.68. The third kappa shape index (κ3) is 2.45. The molecule has 0 aliphatic carbocycles. The molecule has 2 aromatic heterocycles. The lowest BCUT2D eigenvalue weighted by Crippen LogP contribution is -2.00. The molecule has 5 heteroatoms. The number of H-pyrrole nitrogens is 1. The van der Waals surface area contributed by atoms with Crippen LogP contribution >= 0.6 is 0 Å². The average Bonchev–Trinajstić information content (AvgIpc) is 2.86. The van der Waals surface area contributed by atoms with Crippen LogP contribution in [-0.2, 0) is 0 Å². The van der Waals surface area contributed by atoms with Gasteiger partial charge in [0, 0.05) is 5.56 Å². The Morgan fingerprint density at radius 3 is 2.45 bits per heavy atom. The molecule has 0 fully saturated rings. The molecule has 0 bridgehead atoms. The highest BCUT2D eigenvalue weighted by Gasteiger charge is 2.15. The first-order valence-corrected chi connectivity index (χ1v) is 7.16. The van der Waals surface area contributed by atoms with Crippen molar-refractivity contribution >= 4 is 17.1 Å². The summed E-state index contributed by atoms with van der Waals surface area (Å²) in [6.45, 7) is 6.05. The number of rotatable bonds is 3. The number of carboxylic acids is 1. The minimum atomic E-state index is -0.990. The molecule has 22 heavy (non-hydrogen) atoms. The first-order valence-electron chi connectivity index (χ1n) is 7.16. The number of carbonyl (C=O) groups is 1. The summed E-state index contributed by atoms with van der Waals surface area (Å²) >= 11 is 0. The number of nitrogens with zero attached hydrogens (tertiary/aromatic N) is 2. The van der Waals surface area contributed by atoms with E-state index in [1.807, 2.05) is 24.3 Å². The van der Waals surface area contributed by atoms with E-state index in [1.54, 1.807) is 13.0 Å². The first-order chi connectivity index (χ1) is 10.5. The number of fused-ring (bicyclic) bond motifs is 1. The number of benzene rings is 1. The summed E-state index contributed by atoms with van der Waals surface area (Å²) in [6, 6.07) is 9.61. The SMILES string of the molecule is Cc1nc2nc(-c3ccc(C(C)C)cc3)cc(C(=O)O)c2[nH]1. The van der Waals surface area contributed by atoms with E-state index in [9.17, 15) is 9.90 Å². The Hall–Kier alpha value is -2.69. The predicted molar refractivity (Wildman–Crippen MR) is 85.1 cm³/mol. The summed E-state index contributed by atoms with van der Waals surface area (Å²) in [6.07, 6.45) is 0. The largest absolute Gasteiger partial charge is 0.478 e. The summed E-state index contributed by atoms with van der Waals surface area (Å²) in [5.41, 5.74) is 3.82. The highest BCUT2D eigenvalue weighted by Crippen LogP contribution is 2.25. The van der Waals surface area contributed by atoms with Crippen LogP contribution in [0.1, 0.15) is 41.5 Å². The maximum atomic E-state index is 11.5. The number of imidazole rings is 1. The fraction of sp³-hybridized carbons (Fsp3) is 0.235. The number of aryl methyl sites for hydroxylation is 1. The summed E-state index contributed by atoms with van der Waals surface area (Å²) in [5.74, 6) is 0.112. The monoisotopic (exact) mass is 295 g/mol. The van der Waals surface area contributed by atoms with Crippen molar-refractivity contribution in [3.63, 3.8) is 0 Å². The number of hydrogen-bond acceptors (Lipinski definition) is 3. The Morgan fingerprint density at radius 1 is 1.18 bits per heavy atom. The number of carboxylic acid groups (broad SMARTS) is 1. The van der Waals surface area contributed by atoms with Crippen molar-refractivity contribution in [1.82, 2.24) is 15.0 Å². The average molecular weight is 295 g/mol. The number of aromatic amines is 1. The first kappa shape index (κ1) is 14.3. The molecule has 112 valence electrons. The van der Waals surface area contributed by atoms with Gasteiger partial charge in [-0.2, -0.15) is 0 Å². The second-order valence-corrected chi connectivity index (χ2v) is 5.66. The van der Waals surface area contributed by atoms with Crippen LogP contribution in [0.25, 0.3) is 22.4 Å². The number of pyridine rings is 1. The van der Waals surface area contributed by atoms with Crippen LogP contribution in [0, 0.1) is 6.92 Å². The van der Waals surface area contributed by atoms with Gasteiger partial charge in [0.25, 0.3) is 0 Å². The highest BCUT2D eigenvalue weighted by molar-refractivity contribution is 6.01. The Kier molecular flexibility index (Phi) is 3.41. The van der Waals surface area contributed by atoms with Crippen molar-refractivity contribution < 1.29 is 9.90 Å². The van der Waals surface area contributed by atoms with E-state index in [0.29, 0.717) is 28.6 Å². The maximum Gasteiger partial charge on any atom is 0.338 e. The van der Waals surface area contributed by atoms with Crippen LogP contribution in [0.2, 0.25) is 0 Å². The molecule has 0 atom stereocenters. The summed E-state index contributed by atoms with van der Waals surface area (Å²) in [5, 5.41) is 9.40. The molecule has 0 aliphatic heterocycles. The normalized spacial score (nSPS) is 11.3. The van der Waals surface area contributed by atoms with Crippen LogP contribution in [0.4, 0.5) is 0 Å². The molecule has 1 aromatic carbocycles. The van der Waals surface area contributed by atoms with Crippen molar-refractivity contribution in [2.75, 3.05) is 0 Å². The van der Waals surface area contributed by atoms with Crippen LogP contribution < -0.4 is 0 Å². The molecule has 2 N–H and O–H groups in total. The van der Waals surface area contributed by atoms with E-state index in [0.717, 1.165) is 5.56 Å². The van der Waals surface area contributed by atoms with Gasteiger partial charge in [-0.25, -0.2) is 14.8 Å². The van der Waals surface area contributed by atoms with Gasteiger partial charge in [0.1, 0.15) is 5.82 Å². The van der Waals surface area contributed by atoms with Gasteiger partial charge in [-0.3, -0.25) is 0 Å². The Labute approximate surface area is 128 Å². The van der Waals surface area contributed by atoms with E-state index in [2.05, 4.69) is 28.8 Å². The smallest absolute Gasteiger partial charge is 0.338 e. The standard InChI is InChI=1S/C17H17N3O2/c1-9(2)11-4-6-12(7-5-11)14-8-13(17(21)22)15-16(20-14)19-10(3)18-15/h4-9H,1-3H3,(H,21,22)(H,18,19,20). The van der Waals surface area contributed by atoms with Gasteiger partial charge in [0.15, 0.2) is 5.65 Å². The molecular weight excluding hydrogens is 278 g/mol. The molecule has 3 rings (SSSR count). The van der Waals surface area contributed by atoms with Gasteiger partial charge in [-0.05, 0) is 24.5 Å². The number of nitrogens with one attached hydrogen (secondary N) is 1.